The van der Waals surface area contributed by atoms with Crippen LogP contribution in [0.15, 0.2) is 29.8 Å². The summed E-state index contributed by atoms with van der Waals surface area (Å²) in [5.74, 6) is -0.676. The first-order valence-electron chi connectivity index (χ1n) is 13.8. The predicted octanol–water partition coefficient (Wildman–Crippen LogP) is 2.89. The third kappa shape index (κ3) is 9.75. The third-order valence-electron chi connectivity index (χ3n) is 6.78. The van der Waals surface area contributed by atoms with Gasteiger partial charge >= 0.3 is 0 Å². The van der Waals surface area contributed by atoms with Crippen LogP contribution in [0.2, 0.25) is 0 Å². The van der Waals surface area contributed by atoms with E-state index in [1.165, 1.54) is 4.90 Å². The Labute approximate surface area is 250 Å². The van der Waals surface area contributed by atoms with Crippen molar-refractivity contribution in [1.82, 2.24) is 20.5 Å². The number of aromatic nitrogens is 1. The summed E-state index contributed by atoms with van der Waals surface area (Å²) in [5, 5.41) is 16.1. The number of β-amino-alcohol motifs (C(OH)–C–C–N with tert-alkyl or cyclic N) is 1. The monoisotopic (exact) mass is 608 g/mol. The van der Waals surface area contributed by atoms with Gasteiger partial charge in [0.25, 0.3) is 0 Å². The van der Waals surface area contributed by atoms with Crippen LogP contribution >= 0.6 is 22.9 Å². The number of aliphatic hydroxyl groups excluding tert-OH is 1. The van der Waals surface area contributed by atoms with Gasteiger partial charge in [-0.25, -0.2) is 4.98 Å². The number of aryl methyl sites for hydroxylation is 1. The molecule has 0 bridgehead atoms. The molecule has 2 heterocycles. The molecule has 3 rings (SSSR count). The molecule has 3 amide bonds. The molecule has 1 aromatic carbocycles. The molecule has 0 radical (unpaired) electrons. The SMILES string of the molecule is Cc1ncsc1-c1ccc(CNC(=O)[C@@H]2C[C@@H](O)CN2C(=O)[C@@H](NC(=O)CCOCCOCCCl)C(C)(C)C)cc1. The fourth-order valence-electron chi connectivity index (χ4n) is 4.55. The van der Waals surface area contributed by atoms with Gasteiger partial charge in [-0.1, -0.05) is 45.0 Å². The van der Waals surface area contributed by atoms with Crippen molar-refractivity contribution in [3.8, 4) is 10.4 Å². The van der Waals surface area contributed by atoms with Crippen LogP contribution in [0, 0.1) is 12.3 Å². The van der Waals surface area contributed by atoms with Crippen LogP contribution in [0.4, 0.5) is 0 Å². The number of benzene rings is 1. The molecule has 3 N–H and O–H groups in total. The summed E-state index contributed by atoms with van der Waals surface area (Å²) in [6.45, 7) is 9.15. The number of carbonyl (C=O) groups excluding carboxylic acids is 3. The maximum atomic E-state index is 13.7. The number of aliphatic hydroxyl groups is 1. The highest BCUT2D eigenvalue weighted by molar-refractivity contribution is 7.13. The van der Waals surface area contributed by atoms with E-state index in [-0.39, 0.29) is 44.4 Å². The first-order valence-corrected chi connectivity index (χ1v) is 15.2. The van der Waals surface area contributed by atoms with E-state index in [0.29, 0.717) is 25.7 Å². The molecule has 1 saturated heterocycles. The second-order valence-electron chi connectivity index (χ2n) is 11.1. The summed E-state index contributed by atoms with van der Waals surface area (Å²) >= 11 is 7.13. The number of halogens is 1. The van der Waals surface area contributed by atoms with E-state index in [0.717, 1.165) is 21.7 Å². The van der Waals surface area contributed by atoms with Gasteiger partial charge in [0.1, 0.15) is 12.1 Å². The Morgan fingerprint density at radius 2 is 1.83 bits per heavy atom. The van der Waals surface area contributed by atoms with Crippen molar-refractivity contribution in [2.75, 3.05) is 38.9 Å². The fraction of sp³-hybridized carbons (Fsp3) is 0.586. The van der Waals surface area contributed by atoms with Crippen LogP contribution in [0.1, 0.15) is 44.9 Å². The quantitative estimate of drug-likeness (QED) is 0.222. The van der Waals surface area contributed by atoms with Crippen LogP contribution in [-0.4, -0.2) is 89.8 Å². The number of thiazole rings is 1. The Morgan fingerprint density at radius 3 is 2.44 bits per heavy atom. The number of amides is 3. The number of likely N-dealkylation sites (tertiary alicyclic amines) is 1. The molecule has 0 saturated carbocycles. The summed E-state index contributed by atoms with van der Waals surface area (Å²) in [4.78, 5) is 46.3. The van der Waals surface area contributed by atoms with Crippen molar-refractivity contribution < 1.29 is 29.0 Å². The molecule has 0 aliphatic carbocycles. The molecule has 1 fully saturated rings. The lowest BCUT2D eigenvalue weighted by Crippen LogP contribution is -2.57. The second kappa shape index (κ2) is 15.6. The number of rotatable bonds is 14. The normalized spacial score (nSPS) is 17.9. The molecular weight excluding hydrogens is 568 g/mol. The molecule has 226 valence electrons. The summed E-state index contributed by atoms with van der Waals surface area (Å²) in [6.07, 6.45) is -0.628. The highest BCUT2D eigenvalue weighted by Gasteiger charge is 2.44. The van der Waals surface area contributed by atoms with E-state index in [9.17, 15) is 19.5 Å². The first-order chi connectivity index (χ1) is 19.5. The van der Waals surface area contributed by atoms with E-state index >= 15 is 0 Å². The molecule has 1 aliphatic heterocycles. The Balaban J connectivity index is 1.57. The Bertz CT molecular complexity index is 1150. The van der Waals surface area contributed by atoms with Crippen LogP contribution in [0.3, 0.4) is 0 Å². The average molecular weight is 609 g/mol. The number of alkyl halides is 1. The molecule has 12 heteroatoms. The minimum atomic E-state index is -0.884. The third-order valence-corrected chi connectivity index (χ3v) is 7.91. The maximum absolute atomic E-state index is 13.7. The summed E-state index contributed by atoms with van der Waals surface area (Å²) in [5.41, 5.74) is 4.13. The molecule has 41 heavy (non-hydrogen) atoms. The van der Waals surface area contributed by atoms with Crippen LogP contribution < -0.4 is 10.6 Å². The number of carbonyl (C=O) groups is 3. The Hall–Kier alpha value is -2.57. The van der Waals surface area contributed by atoms with E-state index in [1.54, 1.807) is 11.3 Å². The Morgan fingerprint density at radius 1 is 1.15 bits per heavy atom. The molecule has 3 atom stereocenters. The number of ether oxygens (including phenoxy) is 2. The van der Waals surface area contributed by atoms with Crippen molar-refractivity contribution in [2.45, 2.75) is 65.3 Å². The largest absolute Gasteiger partial charge is 0.391 e. The van der Waals surface area contributed by atoms with Gasteiger partial charge in [-0.05, 0) is 23.5 Å². The summed E-state index contributed by atoms with van der Waals surface area (Å²) in [7, 11) is 0. The zero-order valence-corrected chi connectivity index (χ0v) is 25.7. The van der Waals surface area contributed by atoms with E-state index in [4.69, 9.17) is 21.1 Å². The van der Waals surface area contributed by atoms with E-state index < -0.39 is 29.5 Å². The lowest BCUT2D eigenvalue weighted by molar-refractivity contribution is -0.144. The molecule has 2 aromatic rings. The molecule has 1 aromatic heterocycles. The van der Waals surface area contributed by atoms with Gasteiger partial charge in [0, 0.05) is 31.8 Å². The number of hydrogen-bond acceptors (Lipinski definition) is 8. The highest BCUT2D eigenvalue weighted by Crippen LogP contribution is 2.28. The van der Waals surface area contributed by atoms with Crippen LogP contribution in [0.5, 0.6) is 0 Å². The van der Waals surface area contributed by atoms with E-state index in [1.807, 2.05) is 57.5 Å². The standard InChI is InChI=1S/C29H41ClN4O6S/c1-19-25(41-18-32-19)21-7-5-20(6-8-21)16-31-27(37)23-15-22(35)17-34(23)28(38)26(29(2,3)4)33-24(36)9-11-39-13-14-40-12-10-30/h5-8,18,22-23,26,35H,9-17H2,1-4H3,(H,31,37)(H,33,36)/t22-,23+,26-/m1/s1. The van der Waals surface area contributed by atoms with Crippen molar-refractivity contribution in [1.29, 1.82) is 0 Å². The van der Waals surface area contributed by atoms with Crippen molar-refractivity contribution in [2.24, 2.45) is 5.41 Å². The topological polar surface area (TPSA) is 130 Å². The minimum absolute atomic E-state index is 0.0215. The summed E-state index contributed by atoms with van der Waals surface area (Å²) < 4.78 is 10.7. The van der Waals surface area contributed by atoms with Gasteiger partial charge in [0.15, 0.2) is 0 Å². The number of nitrogens with one attached hydrogen (secondary N) is 2. The lowest BCUT2D eigenvalue weighted by atomic mass is 9.85. The van der Waals surface area contributed by atoms with Gasteiger partial charge in [-0.15, -0.1) is 22.9 Å². The molecule has 0 spiro atoms. The maximum Gasteiger partial charge on any atom is 0.246 e. The molecule has 1 aliphatic rings. The average Bonchev–Trinajstić information content (AvgIpc) is 3.54. The first kappa shape index (κ1) is 32.9. The van der Waals surface area contributed by atoms with E-state index in [2.05, 4.69) is 15.6 Å². The number of hydrogen-bond donors (Lipinski definition) is 3. The van der Waals surface area contributed by atoms with Gasteiger partial charge < -0.3 is 30.1 Å². The fourth-order valence-corrected chi connectivity index (χ4v) is 5.48. The smallest absolute Gasteiger partial charge is 0.246 e. The molecule has 0 unspecified atom stereocenters. The van der Waals surface area contributed by atoms with Gasteiger partial charge in [-0.2, -0.15) is 0 Å². The van der Waals surface area contributed by atoms with Gasteiger partial charge in [0.05, 0.1) is 48.6 Å². The highest BCUT2D eigenvalue weighted by atomic mass is 35.5. The molecular formula is C29H41ClN4O6S. The summed E-state index contributed by atoms with van der Waals surface area (Å²) in [6, 6.07) is 6.16. The second-order valence-corrected chi connectivity index (χ2v) is 12.3. The van der Waals surface area contributed by atoms with Crippen molar-refractivity contribution in [3.63, 3.8) is 0 Å². The Kier molecular flexibility index (Phi) is 12.5. The van der Waals surface area contributed by atoms with Crippen LogP contribution in [-0.2, 0) is 30.4 Å². The lowest BCUT2D eigenvalue weighted by Gasteiger charge is -2.35. The molecule has 10 nitrogen and oxygen atoms in total. The minimum Gasteiger partial charge on any atom is -0.391 e. The van der Waals surface area contributed by atoms with Crippen LogP contribution in [0.25, 0.3) is 10.4 Å². The zero-order chi connectivity index (χ0) is 30.0. The van der Waals surface area contributed by atoms with Gasteiger partial charge in [-0.3, -0.25) is 14.4 Å². The number of nitrogens with zero attached hydrogens (tertiary/aromatic N) is 2. The zero-order valence-electron chi connectivity index (χ0n) is 24.2. The van der Waals surface area contributed by atoms with Gasteiger partial charge in [0.2, 0.25) is 17.7 Å². The van der Waals surface area contributed by atoms with Crippen molar-refractivity contribution >= 4 is 40.7 Å². The predicted molar refractivity (Wildman–Crippen MR) is 159 cm³/mol. The van der Waals surface area contributed by atoms with Crippen molar-refractivity contribution in [3.05, 3.63) is 41.0 Å².